The maximum Gasteiger partial charge on any atom is 0.284 e. The third-order valence-corrected chi connectivity index (χ3v) is 6.86. The topological polar surface area (TPSA) is 56.5 Å². The zero-order valence-electron chi connectivity index (χ0n) is 14.3. The van der Waals surface area contributed by atoms with Crippen molar-refractivity contribution in [1.29, 1.82) is 0 Å². The number of rotatable bonds is 3. The van der Waals surface area contributed by atoms with Crippen LogP contribution in [0.5, 0.6) is 5.75 Å². The number of aromatic nitrogens is 3. The number of ether oxygens (including phenoxy) is 1. The first kappa shape index (κ1) is 16.0. The largest absolute Gasteiger partial charge is 0.493 e. The van der Waals surface area contributed by atoms with Gasteiger partial charge in [0.05, 0.1) is 17.6 Å². The smallest absolute Gasteiger partial charge is 0.284 e. The van der Waals surface area contributed by atoms with E-state index in [0.717, 1.165) is 45.8 Å². The Labute approximate surface area is 157 Å². The lowest BCUT2D eigenvalue weighted by molar-refractivity contribution is 0.341. The number of nitrogens with zero attached hydrogens (tertiary/aromatic N) is 3. The molecule has 5 nitrogen and oxygen atoms in total. The molecule has 1 aliphatic rings. The van der Waals surface area contributed by atoms with Gasteiger partial charge in [0.15, 0.2) is 5.01 Å². The number of thiophene rings is 1. The van der Waals surface area contributed by atoms with Gasteiger partial charge in [-0.2, -0.15) is 9.61 Å². The van der Waals surface area contributed by atoms with Crippen LogP contribution in [0.2, 0.25) is 0 Å². The van der Waals surface area contributed by atoms with Crippen molar-refractivity contribution in [3.8, 4) is 16.3 Å². The van der Waals surface area contributed by atoms with Crippen LogP contribution in [0.1, 0.15) is 30.2 Å². The molecule has 1 aliphatic carbocycles. The van der Waals surface area contributed by atoms with Crippen LogP contribution in [0.3, 0.4) is 0 Å². The lowest BCUT2D eigenvalue weighted by Gasteiger charge is -2.09. The van der Waals surface area contributed by atoms with Gasteiger partial charge in [0.25, 0.3) is 5.56 Å². The molecule has 0 radical (unpaired) electrons. The third-order valence-electron chi connectivity index (χ3n) is 4.73. The molecule has 7 heteroatoms. The van der Waals surface area contributed by atoms with E-state index in [1.54, 1.807) is 11.3 Å². The Balaban J connectivity index is 1.74. The highest BCUT2D eigenvalue weighted by Gasteiger charge is 2.22. The van der Waals surface area contributed by atoms with E-state index in [0.29, 0.717) is 11.6 Å². The highest BCUT2D eigenvalue weighted by molar-refractivity contribution is 7.21. The van der Waals surface area contributed by atoms with Crippen LogP contribution in [-0.4, -0.2) is 21.2 Å². The summed E-state index contributed by atoms with van der Waals surface area (Å²) in [4.78, 5) is 20.7. The number of aryl methyl sites for hydroxylation is 2. The molecular formula is C19H17N3O2S2. The van der Waals surface area contributed by atoms with Crippen molar-refractivity contribution < 1.29 is 4.74 Å². The minimum Gasteiger partial charge on any atom is -0.493 e. The average Bonchev–Trinajstić information content (AvgIpc) is 3.24. The first-order chi connectivity index (χ1) is 12.8. The minimum atomic E-state index is -0.0409. The van der Waals surface area contributed by atoms with Gasteiger partial charge in [-0.15, -0.1) is 11.3 Å². The van der Waals surface area contributed by atoms with Crippen molar-refractivity contribution in [3.63, 3.8) is 0 Å². The maximum absolute atomic E-state index is 13.1. The van der Waals surface area contributed by atoms with E-state index in [1.807, 2.05) is 31.2 Å². The normalized spacial score (nSPS) is 14.0. The van der Waals surface area contributed by atoms with Crippen LogP contribution in [0.4, 0.5) is 0 Å². The zero-order chi connectivity index (χ0) is 17.7. The molecule has 26 heavy (non-hydrogen) atoms. The van der Waals surface area contributed by atoms with Crippen LogP contribution in [-0.2, 0) is 12.8 Å². The molecular weight excluding hydrogens is 366 g/mol. The first-order valence-corrected chi connectivity index (χ1v) is 10.5. The molecule has 0 saturated carbocycles. The summed E-state index contributed by atoms with van der Waals surface area (Å²) in [7, 11) is 0. The summed E-state index contributed by atoms with van der Waals surface area (Å²) in [5, 5.41) is 6.12. The van der Waals surface area contributed by atoms with Crippen LogP contribution in [0.25, 0.3) is 25.7 Å². The second-order valence-electron chi connectivity index (χ2n) is 6.34. The molecule has 0 unspecified atom stereocenters. The van der Waals surface area contributed by atoms with Crippen molar-refractivity contribution >= 4 is 37.9 Å². The van der Waals surface area contributed by atoms with Crippen molar-refractivity contribution in [2.45, 2.75) is 32.6 Å². The van der Waals surface area contributed by atoms with Gasteiger partial charge in [0.2, 0.25) is 4.96 Å². The quantitative estimate of drug-likeness (QED) is 0.529. The standard InChI is InChI=1S/C19H17N3O2S2/c1-2-24-13-9-5-3-7-11(13)16-21-22-18(23)15-12-8-4-6-10-14(12)25-17(15)20-19(22)26-16/h3,5,7,9H,2,4,6,8,10H2,1H3. The van der Waals surface area contributed by atoms with E-state index in [-0.39, 0.29) is 5.56 Å². The van der Waals surface area contributed by atoms with Gasteiger partial charge in [0, 0.05) is 4.88 Å². The van der Waals surface area contributed by atoms with Crippen molar-refractivity contribution in [1.82, 2.24) is 14.6 Å². The molecule has 4 aromatic rings. The molecule has 0 aliphatic heterocycles. The van der Waals surface area contributed by atoms with Gasteiger partial charge >= 0.3 is 0 Å². The SMILES string of the molecule is CCOc1ccccc1-c1nn2c(=O)c3c4c(sc3nc2s1)CCCC4. The highest BCUT2D eigenvalue weighted by Crippen LogP contribution is 2.36. The van der Waals surface area contributed by atoms with Crippen LogP contribution >= 0.6 is 22.7 Å². The number of hydrogen-bond donors (Lipinski definition) is 0. The molecule has 5 rings (SSSR count). The first-order valence-electron chi connectivity index (χ1n) is 8.82. The third kappa shape index (κ3) is 2.38. The Kier molecular flexibility index (Phi) is 3.79. The van der Waals surface area contributed by atoms with Crippen LogP contribution in [0, 0.1) is 0 Å². The minimum absolute atomic E-state index is 0.0409. The lowest BCUT2D eigenvalue weighted by Crippen LogP contribution is -2.16. The molecule has 0 N–H and O–H groups in total. The predicted octanol–water partition coefficient (Wildman–Crippen LogP) is 4.31. The van der Waals surface area contributed by atoms with Crippen LogP contribution in [0.15, 0.2) is 29.1 Å². The average molecular weight is 383 g/mol. The summed E-state index contributed by atoms with van der Waals surface area (Å²) in [6, 6.07) is 7.79. The van der Waals surface area contributed by atoms with Gasteiger partial charge in [-0.3, -0.25) is 4.79 Å². The molecule has 0 atom stereocenters. The van der Waals surface area contributed by atoms with Crippen LogP contribution < -0.4 is 10.3 Å². The Bertz CT molecular complexity index is 1190. The van der Waals surface area contributed by atoms with Crippen molar-refractivity contribution in [2.75, 3.05) is 6.61 Å². The van der Waals surface area contributed by atoms with Gasteiger partial charge < -0.3 is 4.74 Å². The van der Waals surface area contributed by atoms with E-state index in [9.17, 15) is 4.79 Å². The van der Waals surface area contributed by atoms with E-state index in [2.05, 4.69) is 5.10 Å². The van der Waals surface area contributed by atoms with E-state index in [4.69, 9.17) is 9.72 Å². The molecule has 132 valence electrons. The summed E-state index contributed by atoms with van der Waals surface area (Å²) in [6.45, 7) is 2.54. The summed E-state index contributed by atoms with van der Waals surface area (Å²) in [5.41, 5.74) is 2.06. The molecule has 0 amide bonds. The van der Waals surface area contributed by atoms with Gasteiger partial charge in [-0.25, -0.2) is 4.98 Å². The molecule has 0 saturated heterocycles. The van der Waals surface area contributed by atoms with Gasteiger partial charge in [-0.1, -0.05) is 23.5 Å². The zero-order valence-corrected chi connectivity index (χ0v) is 16.0. The van der Waals surface area contributed by atoms with Crippen molar-refractivity contribution in [2.24, 2.45) is 0 Å². The van der Waals surface area contributed by atoms with E-state index in [1.165, 1.54) is 32.7 Å². The lowest BCUT2D eigenvalue weighted by atomic mass is 9.97. The highest BCUT2D eigenvalue weighted by atomic mass is 32.1. The van der Waals surface area contributed by atoms with E-state index >= 15 is 0 Å². The molecule has 3 heterocycles. The predicted molar refractivity (Wildman–Crippen MR) is 106 cm³/mol. The fraction of sp³-hybridized carbons (Fsp3) is 0.316. The van der Waals surface area contributed by atoms with Gasteiger partial charge in [0.1, 0.15) is 10.6 Å². The van der Waals surface area contributed by atoms with Crippen molar-refractivity contribution in [3.05, 3.63) is 45.1 Å². The Morgan fingerprint density at radius 3 is 2.92 bits per heavy atom. The molecule has 3 aromatic heterocycles. The summed E-state index contributed by atoms with van der Waals surface area (Å²) >= 11 is 3.11. The molecule has 0 bridgehead atoms. The second kappa shape index (κ2) is 6.17. The summed E-state index contributed by atoms with van der Waals surface area (Å²) in [6.07, 6.45) is 4.38. The Morgan fingerprint density at radius 2 is 2.04 bits per heavy atom. The monoisotopic (exact) mass is 383 g/mol. The molecule has 0 fully saturated rings. The fourth-order valence-electron chi connectivity index (χ4n) is 3.56. The Hall–Kier alpha value is -2.25. The summed E-state index contributed by atoms with van der Waals surface area (Å²) in [5.74, 6) is 0.779. The fourth-order valence-corrected chi connectivity index (χ4v) is 5.79. The summed E-state index contributed by atoms with van der Waals surface area (Å²) < 4.78 is 7.18. The number of fused-ring (bicyclic) bond motifs is 4. The number of benzene rings is 1. The second-order valence-corrected chi connectivity index (χ2v) is 8.38. The number of para-hydroxylation sites is 1. The number of hydrogen-bond acceptors (Lipinski definition) is 6. The Morgan fingerprint density at radius 1 is 1.19 bits per heavy atom. The molecule has 0 spiro atoms. The van der Waals surface area contributed by atoms with E-state index < -0.39 is 0 Å². The molecule has 1 aromatic carbocycles. The van der Waals surface area contributed by atoms with Gasteiger partial charge in [-0.05, 0) is 50.3 Å². The maximum atomic E-state index is 13.1.